The van der Waals surface area contributed by atoms with Gasteiger partial charge >= 0.3 is 0 Å². The number of anilines is 2. The molecular weight excluding hydrogens is 580 g/mol. The lowest BCUT2D eigenvalue weighted by atomic mass is 9.54. The predicted molar refractivity (Wildman–Crippen MR) is 158 cm³/mol. The Balaban J connectivity index is 1.57. The smallest absolute Gasteiger partial charge is 0.255 e. The molecule has 2 aromatic rings. The van der Waals surface area contributed by atoms with Crippen LogP contribution in [0.5, 0.6) is 5.75 Å². The highest BCUT2D eigenvalue weighted by atomic mass is 35.5. The van der Waals surface area contributed by atoms with Gasteiger partial charge in [-0.15, -0.1) is 11.6 Å². The number of aliphatic hydroxyl groups is 4. The Labute approximate surface area is 252 Å². The van der Waals surface area contributed by atoms with E-state index in [0.29, 0.717) is 11.4 Å². The van der Waals surface area contributed by atoms with Gasteiger partial charge in [0, 0.05) is 23.1 Å². The van der Waals surface area contributed by atoms with Crippen LogP contribution in [0.1, 0.15) is 29.5 Å². The normalized spacial score (nSPS) is 28.4. The summed E-state index contributed by atoms with van der Waals surface area (Å²) in [6.07, 6.45) is -1.65. The van der Waals surface area contributed by atoms with Crippen molar-refractivity contribution >= 4 is 46.2 Å². The lowest BCUT2D eigenvalue weighted by Gasteiger charge is -2.53. The van der Waals surface area contributed by atoms with E-state index in [4.69, 9.17) is 17.3 Å². The second kappa shape index (κ2) is 10.9. The Morgan fingerprint density at radius 2 is 1.72 bits per heavy atom. The maximum atomic E-state index is 14.1. The van der Waals surface area contributed by atoms with Gasteiger partial charge in [0.15, 0.2) is 11.4 Å². The van der Waals surface area contributed by atoms with E-state index in [1.165, 1.54) is 19.0 Å². The molecule has 228 valence electrons. The second-order valence-electron chi connectivity index (χ2n) is 11.3. The number of hydrogen-bond donors (Lipinski definition) is 8. The van der Waals surface area contributed by atoms with Crippen molar-refractivity contribution in [2.45, 2.75) is 36.5 Å². The molecule has 1 fully saturated rings. The Hall–Kier alpha value is -4.10. The molecule has 0 saturated heterocycles. The molecule has 6 atom stereocenters. The maximum absolute atomic E-state index is 14.1. The quantitative estimate of drug-likeness (QED) is 0.0977. The number of aromatic hydroxyl groups is 1. The van der Waals surface area contributed by atoms with Crippen LogP contribution in [0.25, 0.3) is 5.76 Å². The van der Waals surface area contributed by atoms with Gasteiger partial charge < -0.3 is 41.9 Å². The Kier molecular flexibility index (Phi) is 7.68. The van der Waals surface area contributed by atoms with Crippen LogP contribution in [0, 0.1) is 11.8 Å². The van der Waals surface area contributed by atoms with E-state index in [2.05, 4.69) is 10.6 Å². The summed E-state index contributed by atoms with van der Waals surface area (Å²) in [5.74, 6) is -8.92. The minimum Gasteiger partial charge on any atom is -0.508 e. The number of ketones is 2. The highest BCUT2D eigenvalue weighted by molar-refractivity contribution is 6.24. The molecule has 0 heterocycles. The highest BCUT2D eigenvalue weighted by Crippen LogP contribution is 2.56. The number of halogens is 1. The number of carbonyl (C=O) groups is 3. The summed E-state index contributed by atoms with van der Waals surface area (Å²) in [5.41, 5.74) is 3.27. The molecule has 1 saturated carbocycles. The number of Topliss-reactive ketones (excluding diaryl/α,β-unsaturated/α-hetero) is 2. The molecule has 9 N–H and O–H groups in total. The molecule has 1 amide bonds. The Bertz CT molecular complexity index is 1590. The Morgan fingerprint density at radius 3 is 2.30 bits per heavy atom. The average Bonchev–Trinajstić information content (AvgIpc) is 2.96. The molecule has 3 aliphatic rings. The first-order valence-corrected chi connectivity index (χ1v) is 14.1. The molecule has 0 radical (unpaired) electrons. The van der Waals surface area contributed by atoms with Crippen molar-refractivity contribution in [1.82, 2.24) is 4.90 Å². The van der Waals surface area contributed by atoms with Gasteiger partial charge in [-0.2, -0.15) is 0 Å². The number of phenolic OH excluding ortho intramolecular Hbond substituents is 1. The Morgan fingerprint density at radius 1 is 1.07 bits per heavy atom. The van der Waals surface area contributed by atoms with Gasteiger partial charge in [-0.05, 0) is 49.3 Å². The first kappa shape index (κ1) is 30.4. The van der Waals surface area contributed by atoms with Crippen molar-refractivity contribution in [3.05, 3.63) is 70.0 Å². The minimum absolute atomic E-state index is 0.0903. The van der Waals surface area contributed by atoms with E-state index in [1.54, 1.807) is 19.1 Å². The fourth-order valence-corrected chi connectivity index (χ4v) is 6.89. The summed E-state index contributed by atoms with van der Waals surface area (Å²) in [4.78, 5) is 40.8. The van der Waals surface area contributed by atoms with Crippen LogP contribution >= 0.6 is 11.6 Å². The SMILES string of the molecule is C[C@@H]1c2ccc(NCNc3ccc(CCl)cc3)c(O)c2C(O)=C2C(=O)[C@@]3(O)C(O)=C(C(N)=O)C(=O)[C@H](N(C)C)[C@H]3[C@H](O)[C@H]21. The molecule has 3 aliphatic carbocycles. The number of aliphatic hydroxyl groups excluding tert-OH is 3. The number of amides is 1. The van der Waals surface area contributed by atoms with Gasteiger partial charge in [-0.1, -0.05) is 25.1 Å². The predicted octanol–water partition coefficient (Wildman–Crippen LogP) is 1.72. The molecule has 13 heteroatoms. The van der Waals surface area contributed by atoms with E-state index in [9.17, 15) is 39.9 Å². The number of primary amides is 1. The van der Waals surface area contributed by atoms with Crippen molar-refractivity contribution in [3.63, 3.8) is 0 Å². The van der Waals surface area contributed by atoms with Crippen LogP contribution < -0.4 is 16.4 Å². The van der Waals surface area contributed by atoms with Crippen LogP contribution in [0.4, 0.5) is 11.4 Å². The molecule has 0 unspecified atom stereocenters. The number of benzene rings is 2. The van der Waals surface area contributed by atoms with E-state index >= 15 is 0 Å². The number of carbonyl (C=O) groups excluding carboxylic acids is 3. The molecule has 43 heavy (non-hydrogen) atoms. The summed E-state index contributed by atoms with van der Waals surface area (Å²) < 4.78 is 0. The fraction of sp³-hybridized carbons (Fsp3) is 0.367. The summed E-state index contributed by atoms with van der Waals surface area (Å²) in [7, 11) is 2.92. The number of nitrogens with zero attached hydrogens (tertiary/aromatic N) is 1. The monoisotopic (exact) mass is 612 g/mol. The van der Waals surface area contributed by atoms with E-state index in [1.807, 2.05) is 24.3 Å². The molecule has 0 aliphatic heterocycles. The molecule has 12 nitrogen and oxygen atoms in total. The average molecular weight is 613 g/mol. The van der Waals surface area contributed by atoms with Gasteiger partial charge in [0.1, 0.15) is 22.8 Å². The van der Waals surface area contributed by atoms with Crippen molar-refractivity contribution in [2.24, 2.45) is 17.6 Å². The number of fused-ring (bicyclic) bond motifs is 3. The van der Waals surface area contributed by atoms with Crippen molar-refractivity contribution in [3.8, 4) is 5.75 Å². The number of alkyl halides is 1. The molecule has 0 bridgehead atoms. The topological polar surface area (TPSA) is 206 Å². The lowest BCUT2D eigenvalue weighted by molar-refractivity contribution is -0.169. The summed E-state index contributed by atoms with van der Waals surface area (Å²) >= 11 is 5.83. The number of phenols is 1. The van der Waals surface area contributed by atoms with E-state index in [0.717, 1.165) is 11.3 Å². The molecule has 2 aromatic carbocycles. The van der Waals surface area contributed by atoms with E-state index in [-0.39, 0.29) is 23.7 Å². The molecular formula is C30H33ClN4O8. The van der Waals surface area contributed by atoms with Gasteiger partial charge in [-0.25, -0.2) is 0 Å². The number of nitrogens with two attached hydrogens (primary N) is 1. The third-order valence-electron chi connectivity index (χ3n) is 8.81. The standard InChI is InChI=1S/C30H33ClN4O8/c1-12-15-8-9-16(34-11-33-14-6-4-13(10-31)5-7-14)23(36)18(15)24(37)19-17(12)25(38)21-22(35(2)3)26(39)20(29(32)42)28(41)30(21,43)27(19)40/h4-9,12,17,21-22,25,33-34,36-38,41,43H,10-11H2,1-3H3,(H2,32,42)/t12-,17+,21+,22-,25-,30-/m1/s1. The number of hydrogen-bond acceptors (Lipinski definition) is 11. The lowest BCUT2D eigenvalue weighted by Crippen LogP contribution is -2.70. The van der Waals surface area contributed by atoms with Crippen LogP contribution in [-0.4, -0.2) is 86.4 Å². The first-order valence-electron chi connectivity index (χ1n) is 13.6. The summed E-state index contributed by atoms with van der Waals surface area (Å²) in [5, 5.41) is 63.3. The molecule has 5 rings (SSSR count). The first-order chi connectivity index (χ1) is 20.3. The zero-order chi connectivity index (χ0) is 31.5. The van der Waals surface area contributed by atoms with E-state index < -0.39 is 75.6 Å². The van der Waals surface area contributed by atoms with Crippen molar-refractivity contribution in [2.75, 3.05) is 31.4 Å². The fourth-order valence-electron chi connectivity index (χ4n) is 6.71. The number of rotatable bonds is 7. The highest BCUT2D eigenvalue weighted by Gasteiger charge is 2.68. The maximum Gasteiger partial charge on any atom is 0.255 e. The second-order valence-corrected chi connectivity index (χ2v) is 11.6. The van der Waals surface area contributed by atoms with Crippen LogP contribution in [0.15, 0.2) is 53.3 Å². The molecule has 0 aromatic heterocycles. The zero-order valence-corrected chi connectivity index (χ0v) is 24.4. The summed E-state index contributed by atoms with van der Waals surface area (Å²) in [6.45, 7) is 1.85. The van der Waals surface area contributed by atoms with Crippen molar-refractivity contribution in [1.29, 1.82) is 0 Å². The zero-order valence-electron chi connectivity index (χ0n) is 23.6. The summed E-state index contributed by atoms with van der Waals surface area (Å²) in [6, 6.07) is 9.24. The van der Waals surface area contributed by atoms with Crippen molar-refractivity contribution < 1.29 is 39.9 Å². The van der Waals surface area contributed by atoms with Gasteiger partial charge in [-0.3, -0.25) is 19.3 Å². The largest absolute Gasteiger partial charge is 0.508 e. The minimum atomic E-state index is -2.96. The molecule has 0 spiro atoms. The number of likely N-dealkylation sites (N-methyl/N-ethyl adjacent to an activating group) is 1. The third kappa shape index (κ3) is 4.44. The third-order valence-corrected chi connectivity index (χ3v) is 9.12. The van der Waals surface area contributed by atoms with Crippen LogP contribution in [-0.2, 0) is 20.3 Å². The van der Waals surface area contributed by atoms with Crippen LogP contribution in [0.2, 0.25) is 0 Å². The van der Waals surface area contributed by atoms with Gasteiger partial charge in [0.25, 0.3) is 5.91 Å². The van der Waals surface area contributed by atoms with Crippen LogP contribution in [0.3, 0.4) is 0 Å². The number of nitrogens with one attached hydrogen (secondary N) is 2. The van der Waals surface area contributed by atoms with Gasteiger partial charge in [0.05, 0.1) is 36.0 Å². The van der Waals surface area contributed by atoms with Gasteiger partial charge in [0.2, 0.25) is 5.78 Å².